The smallest absolute Gasteiger partial charge is 0.0953 e. The third-order valence-corrected chi connectivity index (χ3v) is 2.08. The lowest BCUT2D eigenvalue weighted by Crippen LogP contribution is -2.35. The molecule has 0 aliphatic heterocycles. The van der Waals surface area contributed by atoms with Gasteiger partial charge in [-0.25, -0.2) is 0 Å². The van der Waals surface area contributed by atoms with Gasteiger partial charge in [0, 0.05) is 18.6 Å². The van der Waals surface area contributed by atoms with Gasteiger partial charge in [-0.15, -0.1) is 12.4 Å². The maximum Gasteiger partial charge on any atom is 0.0953 e. The molecule has 0 aromatic carbocycles. The number of hydrogen-bond acceptors (Lipinski definition) is 4. The summed E-state index contributed by atoms with van der Waals surface area (Å²) in [5.41, 5.74) is 5.41. The summed E-state index contributed by atoms with van der Waals surface area (Å²) in [4.78, 5) is 0. The zero-order valence-corrected chi connectivity index (χ0v) is 6.87. The Balaban J connectivity index is 0.000001000. The molecule has 0 bridgehead atoms. The van der Waals surface area contributed by atoms with Crippen molar-refractivity contribution in [1.82, 2.24) is 0 Å². The molecule has 11 heavy (non-hydrogen) atoms. The van der Waals surface area contributed by atoms with Crippen LogP contribution in [0.1, 0.15) is 6.42 Å². The van der Waals surface area contributed by atoms with Gasteiger partial charge in [-0.1, -0.05) is 0 Å². The van der Waals surface area contributed by atoms with Crippen LogP contribution in [0.3, 0.4) is 0 Å². The predicted molar refractivity (Wildman–Crippen MR) is 42.4 cm³/mol. The summed E-state index contributed by atoms with van der Waals surface area (Å²) in [6.07, 6.45) is -1.21. The van der Waals surface area contributed by atoms with E-state index in [1.54, 1.807) is 0 Å². The topological polar surface area (TPSA) is 86.7 Å². The Morgan fingerprint density at radius 3 is 2.00 bits per heavy atom. The number of rotatable bonds is 1. The summed E-state index contributed by atoms with van der Waals surface area (Å²) < 4.78 is 0. The van der Waals surface area contributed by atoms with Crippen molar-refractivity contribution < 1.29 is 15.3 Å². The number of nitrogens with two attached hydrogens (primary N) is 1. The standard InChI is InChI=1S/C6H13NO3.ClH/c7-4-1-3(2-8)5(9)6(4)10;/h3-6,8-10H,1-2,7H2;1H. The fraction of sp³-hybridized carbons (Fsp3) is 1.00. The first-order valence-electron chi connectivity index (χ1n) is 3.39. The van der Waals surface area contributed by atoms with Crippen LogP contribution in [0.15, 0.2) is 0 Å². The summed E-state index contributed by atoms with van der Waals surface area (Å²) in [6.45, 7) is -0.105. The average Bonchev–Trinajstić information content (AvgIpc) is 2.17. The molecule has 4 nitrogen and oxygen atoms in total. The number of hydrogen-bond donors (Lipinski definition) is 4. The van der Waals surface area contributed by atoms with Gasteiger partial charge in [0.25, 0.3) is 0 Å². The number of aliphatic hydroxyl groups is 3. The second-order valence-electron chi connectivity index (χ2n) is 2.82. The van der Waals surface area contributed by atoms with E-state index in [0.717, 1.165) is 0 Å². The zero-order valence-electron chi connectivity index (χ0n) is 6.05. The van der Waals surface area contributed by atoms with Crippen molar-refractivity contribution in [3.8, 4) is 0 Å². The van der Waals surface area contributed by atoms with Crippen LogP contribution in [0, 0.1) is 5.92 Å². The molecule has 1 aliphatic rings. The van der Waals surface area contributed by atoms with Crippen LogP contribution in [0.25, 0.3) is 0 Å². The van der Waals surface area contributed by atoms with Crippen LogP contribution >= 0.6 is 12.4 Å². The maximum absolute atomic E-state index is 9.14. The van der Waals surface area contributed by atoms with Gasteiger partial charge in [0.1, 0.15) is 0 Å². The Labute approximate surface area is 71.4 Å². The molecule has 4 atom stereocenters. The molecule has 0 spiro atoms. The molecule has 5 heteroatoms. The largest absolute Gasteiger partial charge is 0.396 e. The third kappa shape index (κ3) is 2.04. The van der Waals surface area contributed by atoms with E-state index >= 15 is 0 Å². The molecule has 0 heterocycles. The van der Waals surface area contributed by atoms with Crippen LogP contribution in [0.2, 0.25) is 0 Å². The number of halogens is 1. The molecule has 1 aliphatic carbocycles. The zero-order chi connectivity index (χ0) is 7.72. The van der Waals surface area contributed by atoms with E-state index in [2.05, 4.69) is 0 Å². The SMILES string of the molecule is Cl.NC1CC(CO)C(O)C1O. The minimum absolute atomic E-state index is 0. The van der Waals surface area contributed by atoms with Crippen LogP contribution in [-0.2, 0) is 0 Å². The van der Waals surface area contributed by atoms with Gasteiger partial charge in [-0.2, -0.15) is 0 Å². The highest BCUT2D eigenvalue weighted by Crippen LogP contribution is 2.24. The third-order valence-electron chi connectivity index (χ3n) is 2.08. The molecule has 5 N–H and O–H groups in total. The minimum atomic E-state index is -0.864. The van der Waals surface area contributed by atoms with E-state index < -0.39 is 12.2 Å². The van der Waals surface area contributed by atoms with Crippen molar-refractivity contribution in [3.05, 3.63) is 0 Å². The molecule has 1 rings (SSSR count). The molecular weight excluding hydrogens is 170 g/mol. The second kappa shape index (κ2) is 4.23. The predicted octanol–water partition coefficient (Wildman–Crippen LogP) is -1.53. The van der Waals surface area contributed by atoms with E-state index in [0.29, 0.717) is 6.42 Å². The molecular formula is C6H14ClNO3. The molecule has 1 saturated carbocycles. The van der Waals surface area contributed by atoms with E-state index in [1.165, 1.54) is 0 Å². The van der Waals surface area contributed by atoms with E-state index in [4.69, 9.17) is 21.1 Å². The number of aliphatic hydroxyl groups excluding tert-OH is 3. The first-order valence-corrected chi connectivity index (χ1v) is 3.39. The Bertz CT molecular complexity index is 124. The van der Waals surface area contributed by atoms with Gasteiger partial charge in [-0.05, 0) is 6.42 Å². The van der Waals surface area contributed by atoms with Gasteiger partial charge < -0.3 is 21.1 Å². The minimum Gasteiger partial charge on any atom is -0.396 e. The molecule has 0 aromatic rings. The van der Waals surface area contributed by atoms with Crippen LogP contribution in [-0.4, -0.2) is 40.2 Å². The van der Waals surface area contributed by atoms with Crippen molar-refractivity contribution >= 4 is 12.4 Å². The van der Waals surface area contributed by atoms with E-state index in [9.17, 15) is 0 Å². The van der Waals surface area contributed by atoms with Gasteiger partial charge in [0.2, 0.25) is 0 Å². The van der Waals surface area contributed by atoms with Crippen molar-refractivity contribution in [2.45, 2.75) is 24.7 Å². The lowest BCUT2D eigenvalue weighted by atomic mass is 10.1. The highest BCUT2D eigenvalue weighted by atomic mass is 35.5. The van der Waals surface area contributed by atoms with E-state index in [1.807, 2.05) is 0 Å². The first-order chi connectivity index (χ1) is 4.66. The van der Waals surface area contributed by atoms with Gasteiger partial charge in [0.05, 0.1) is 12.2 Å². The van der Waals surface area contributed by atoms with Crippen LogP contribution in [0.4, 0.5) is 0 Å². The summed E-state index contributed by atoms with van der Waals surface area (Å²) >= 11 is 0. The van der Waals surface area contributed by atoms with Gasteiger partial charge >= 0.3 is 0 Å². The monoisotopic (exact) mass is 183 g/mol. The molecule has 0 amide bonds. The Hall–Kier alpha value is 0.130. The van der Waals surface area contributed by atoms with Gasteiger partial charge in [0.15, 0.2) is 0 Å². The molecule has 0 saturated heterocycles. The van der Waals surface area contributed by atoms with Crippen molar-refractivity contribution in [3.63, 3.8) is 0 Å². The Morgan fingerprint density at radius 1 is 1.27 bits per heavy atom. The maximum atomic E-state index is 9.14. The van der Waals surface area contributed by atoms with Crippen molar-refractivity contribution in [2.75, 3.05) is 6.61 Å². The summed E-state index contributed by atoms with van der Waals surface area (Å²) in [6, 6.07) is -0.382. The van der Waals surface area contributed by atoms with Gasteiger partial charge in [-0.3, -0.25) is 0 Å². The lowest BCUT2D eigenvalue weighted by Gasteiger charge is -2.13. The Morgan fingerprint density at radius 2 is 1.82 bits per heavy atom. The van der Waals surface area contributed by atoms with Crippen LogP contribution in [0.5, 0.6) is 0 Å². The van der Waals surface area contributed by atoms with Crippen LogP contribution < -0.4 is 5.73 Å². The average molecular weight is 184 g/mol. The molecule has 0 aromatic heterocycles. The summed E-state index contributed by atoms with van der Waals surface area (Å²) in [7, 11) is 0. The van der Waals surface area contributed by atoms with Crippen molar-refractivity contribution in [1.29, 1.82) is 0 Å². The summed E-state index contributed by atoms with van der Waals surface area (Å²) in [5, 5.41) is 26.9. The summed E-state index contributed by atoms with van der Waals surface area (Å²) in [5.74, 6) is -0.245. The van der Waals surface area contributed by atoms with Crippen molar-refractivity contribution in [2.24, 2.45) is 11.7 Å². The Kier molecular flexibility index (Phi) is 4.28. The molecule has 0 radical (unpaired) electrons. The molecule has 4 unspecified atom stereocenters. The quantitative estimate of drug-likeness (QED) is 0.397. The van der Waals surface area contributed by atoms with E-state index in [-0.39, 0.29) is 31.0 Å². The molecule has 1 fully saturated rings. The lowest BCUT2D eigenvalue weighted by molar-refractivity contribution is 0.00300. The molecule has 68 valence electrons. The normalized spacial score (nSPS) is 43.6. The highest BCUT2D eigenvalue weighted by molar-refractivity contribution is 5.85. The highest BCUT2D eigenvalue weighted by Gasteiger charge is 2.38. The second-order valence-corrected chi connectivity index (χ2v) is 2.82. The first kappa shape index (κ1) is 11.1. The fourth-order valence-electron chi connectivity index (χ4n) is 1.34. The fourth-order valence-corrected chi connectivity index (χ4v) is 1.34.